The van der Waals surface area contributed by atoms with Gasteiger partial charge < -0.3 is 9.30 Å². The van der Waals surface area contributed by atoms with Crippen molar-refractivity contribution in [3.05, 3.63) is 65.6 Å². The second-order valence-electron chi connectivity index (χ2n) is 5.99. The Kier molecular flexibility index (Phi) is 6.26. The highest BCUT2D eigenvalue weighted by atomic mass is 32.2. The molecular formula is C20H23N3O3S. The molecule has 0 fully saturated rings. The topological polar surface area (TPSA) is 73.2 Å². The van der Waals surface area contributed by atoms with E-state index in [0.29, 0.717) is 25.7 Å². The molecular weight excluding hydrogens is 362 g/mol. The lowest BCUT2D eigenvalue weighted by Gasteiger charge is -2.10. The Labute approximate surface area is 159 Å². The summed E-state index contributed by atoms with van der Waals surface area (Å²) in [5.74, 6) is 0.311. The van der Waals surface area contributed by atoms with E-state index in [0.717, 1.165) is 28.4 Å². The first-order valence-electron chi connectivity index (χ1n) is 8.88. The highest BCUT2D eigenvalue weighted by molar-refractivity contribution is 7.95. The van der Waals surface area contributed by atoms with Gasteiger partial charge in [0.25, 0.3) is 10.0 Å². The lowest BCUT2D eigenvalue weighted by Crippen LogP contribution is -2.14. The van der Waals surface area contributed by atoms with Gasteiger partial charge in [-0.2, -0.15) is 0 Å². The number of fused-ring (bicyclic) bond motifs is 1. The summed E-state index contributed by atoms with van der Waals surface area (Å²) in [7, 11) is -3.68. The van der Waals surface area contributed by atoms with Gasteiger partial charge >= 0.3 is 0 Å². The van der Waals surface area contributed by atoms with Crippen LogP contribution in [0.15, 0.2) is 60.0 Å². The lowest BCUT2D eigenvalue weighted by atomic mass is 10.2. The van der Waals surface area contributed by atoms with Crippen LogP contribution in [0.5, 0.6) is 0 Å². The van der Waals surface area contributed by atoms with Crippen LogP contribution < -0.4 is 4.72 Å². The Morgan fingerprint density at radius 2 is 1.85 bits per heavy atom. The van der Waals surface area contributed by atoms with Gasteiger partial charge in [0, 0.05) is 19.8 Å². The third kappa shape index (κ3) is 5.18. The molecule has 27 heavy (non-hydrogen) atoms. The van der Waals surface area contributed by atoms with Crippen LogP contribution in [0.3, 0.4) is 0 Å². The number of anilines is 1. The Bertz CT molecular complexity index is 1010. The molecule has 2 aromatic carbocycles. The van der Waals surface area contributed by atoms with E-state index >= 15 is 0 Å². The number of benzene rings is 2. The molecule has 0 aliphatic carbocycles. The summed E-state index contributed by atoms with van der Waals surface area (Å²) in [5, 5.41) is 1.16. The second-order valence-corrected chi connectivity index (χ2v) is 7.55. The Morgan fingerprint density at radius 1 is 1.11 bits per heavy atom. The van der Waals surface area contributed by atoms with Crippen LogP contribution in [0.25, 0.3) is 17.1 Å². The van der Waals surface area contributed by atoms with Crippen molar-refractivity contribution < 1.29 is 13.2 Å². The van der Waals surface area contributed by atoms with E-state index in [-0.39, 0.29) is 0 Å². The summed E-state index contributed by atoms with van der Waals surface area (Å²) in [6, 6.07) is 16.9. The van der Waals surface area contributed by atoms with Crippen LogP contribution in [0.2, 0.25) is 0 Å². The molecule has 0 amide bonds. The molecule has 0 aliphatic rings. The van der Waals surface area contributed by atoms with Crippen molar-refractivity contribution in [2.75, 3.05) is 17.9 Å². The normalized spacial score (nSPS) is 12.0. The van der Waals surface area contributed by atoms with Gasteiger partial charge in [-0.15, -0.1) is 0 Å². The van der Waals surface area contributed by atoms with Gasteiger partial charge in [0.15, 0.2) is 0 Å². The van der Waals surface area contributed by atoms with E-state index in [1.54, 1.807) is 6.08 Å². The van der Waals surface area contributed by atoms with E-state index < -0.39 is 10.0 Å². The quantitative estimate of drug-likeness (QED) is 0.568. The molecule has 0 spiro atoms. The first-order chi connectivity index (χ1) is 13.1. The van der Waals surface area contributed by atoms with Crippen LogP contribution >= 0.6 is 0 Å². The van der Waals surface area contributed by atoms with E-state index in [4.69, 9.17) is 4.74 Å². The first-order valence-corrected chi connectivity index (χ1v) is 10.4. The van der Waals surface area contributed by atoms with Gasteiger partial charge in [-0.1, -0.05) is 42.5 Å². The van der Waals surface area contributed by atoms with Gasteiger partial charge in [0.05, 0.1) is 16.4 Å². The summed E-state index contributed by atoms with van der Waals surface area (Å²) in [5.41, 5.74) is 2.45. The van der Waals surface area contributed by atoms with Crippen molar-refractivity contribution in [2.24, 2.45) is 0 Å². The van der Waals surface area contributed by atoms with Gasteiger partial charge in [-0.25, -0.2) is 18.1 Å². The zero-order valence-electron chi connectivity index (χ0n) is 15.2. The minimum absolute atomic E-state index is 0.311. The average Bonchev–Trinajstić information content (AvgIpc) is 3.01. The van der Waals surface area contributed by atoms with Crippen LogP contribution in [0, 0.1) is 0 Å². The van der Waals surface area contributed by atoms with Gasteiger partial charge in [-0.3, -0.25) is 0 Å². The molecule has 0 bridgehead atoms. The van der Waals surface area contributed by atoms with Crippen molar-refractivity contribution in [1.29, 1.82) is 0 Å². The number of hydrogen-bond donors (Lipinski definition) is 1. The van der Waals surface area contributed by atoms with Gasteiger partial charge in [0.2, 0.25) is 5.95 Å². The van der Waals surface area contributed by atoms with Crippen LogP contribution in [0.1, 0.15) is 18.9 Å². The number of imidazole rings is 1. The first kappa shape index (κ1) is 19.1. The van der Waals surface area contributed by atoms with Crippen LogP contribution in [-0.4, -0.2) is 31.2 Å². The monoisotopic (exact) mass is 385 g/mol. The number of hydrogen-bond acceptors (Lipinski definition) is 4. The summed E-state index contributed by atoms with van der Waals surface area (Å²) in [4.78, 5) is 4.45. The molecule has 0 atom stereocenters. The molecule has 0 saturated carbocycles. The van der Waals surface area contributed by atoms with Crippen molar-refractivity contribution in [3.8, 4) is 0 Å². The minimum Gasteiger partial charge on any atom is -0.382 e. The van der Waals surface area contributed by atoms with E-state index in [1.807, 2.05) is 66.1 Å². The molecule has 3 rings (SSSR count). The largest absolute Gasteiger partial charge is 0.382 e. The molecule has 7 heteroatoms. The summed E-state index contributed by atoms with van der Waals surface area (Å²) in [6.07, 6.45) is 2.33. The molecule has 0 aliphatic heterocycles. The standard InChI is InChI=1S/C20H23N3O3S/c1-2-26-15-8-14-23-19-12-7-6-11-18(19)21-20(23)22-27(24,25)16-13-17-9-4-3-5-10-17/h3-7,9-13,16H,2,8,14-15H2,1H3,(H,21,22)/b16-13+. The number of para-hydroxylation sites is 2. The van der Waals surface area contributed by atoms with E-state index in [2.05, 4.69) is 9.71 Å². The maximum atomic E-state index is 12.5. The number of nitrogens with one attached hydrogen (secondary N) is 1. The maximum absolute atomic E-state index is 12.5. The molecule has 0 unspecified atom stereocenters. The predicted octanol–water partition coefficient (Wildman–Crippen LogP) is 3.88. The molecule has 0 radical (unpaired) electrons. The summed E-state index contributed by atoms with van der Waals surface area (Å²) in [6.45, 7) is 3.84. The zero-order valence-corrected chi connectivity index (χ0v) is 16.0. The van der Waals surface area contributed by atoms with Crippen molar-refractivity contribution in [2.45, 2.75) is 19.9 Å². The number of aryl methyl sites for hydroxylation is 1. The molecule has 3 aromatic rings. The minimum atomic E-state index is -3.68. The third-order valence-corrected chi connectivity index (χ3v) is 4.96. The Morgan fingerprint density at radius 3 is 2.63 bits per heavy atom. The molecule has 1 aromatic heterocycles. The van der Waals surface area contributed by atoms with E-state index in [1.165, 1.54) is 0 Å². The Balaban J connectivity index is 1.83. The predicted molar refractivity (Wildman–Crippen MR) is 109 cm³/mol. The summed E-state index contributed by atoms with van der Waals surface area (Å²) >= 11 is 0. The number of aromatic nitrogens is 2. The van der Waals surface area contributed by atoms with Crippen molar-refractivity contribution in [3.63, 3.8) is 0 Å². The third-order valence-electron chi connectivity index (χ3n) is 4.00. The second kappa shape index (κ2) is 8.83. The number of nitrogens with zero attached hydrogens (tertiary/aromatic N) is 2. The van der Waals surface area contributed by atoms with Crippen molar-refractivity contribution >= 4 is 33.1 Å². The lowest BCUT2D eigenvalue weighted by molar-refractivity contribution is 0.142. The molecule has 6 nitrogen and oxygen atoms in total. The average molecular weight is 385 g/mol. The maximum Gasteiger partial charge on any atom is 0.257 e. The highest BCUT2D eigenvalue weighted by Crippen LogP contribution is 2.21. The SMILES string of the molecule is CCOCCCn1c(NS(=O)(=O)/C=C/c2ccccc2)nc2ccccc21. The van der Waals surface area contributed by atoms with Gasteiger partial charge in [0.1, 0.15) is 0 Å². The van der Waals surface area contributed by atoms with Crippen LogP contribution in [0.4, 0.5) is 5.95 Å². The van der Waals surface area contributed by atoms with Gasteiger partial charge in [-0.05, 0) is 37.1 Å². The molecule has 0 saturated heterocycles. The van der Waals surface area contributed by atoms with Crippen LogP contribution in [-0.2, 0) is 21.3 Å². The fraction of sp³-hybridized carbons (Fsp3) is 0.250. The fourth-order valence-corrected chi connectivity index (χ4v) is 3.56. The Hall–Kier alpha value is -2.64. The summed E-state index contributed by atoms with van der Waals surface area (Å²) < 4.78 is 34.9. The smallest absolute Gasteiger partial charge is 0.257 e. The molecule has 1 N–H and O–H groups in total. The van der Waals surface area contributed by atoms with Crippen molar-refractivity contribution in [1.82, 2.24) is 9.55 Å². The number of sulfonamides is 1. The number of ether oxygens (including phenoxy) is 1. The zero-order chi connectivity index (χ0) is 19.1. The molecule has 142 valence electrons. The fourth-order valence-electron chi connectivity index (χ4n) is 2.74. The highest BCUT2D eigenvalue weighted by Gasteiger charge is 2.15. The number of rotatable bonds is 9. The molecule has 1 heterocycles. The van der Waals surface area contributed by atoms with E-state index in [9.17, 15) is 8.42 Å².